The summed E-state index contributed by atoms with van der Waals surface area (Å²) in [5, 5.41) is 29.8. The van der Waals surface area contributed by atoms with Gasteiger partial charge in [-0.05, 0) is 19.1 Å². The Morgan fingerprint density at radius 3 is 2.93 bits per heavy atom. The summed E-state index contributed by atoms with van der Waals surface area (Å²) in [5.41, 5.74) is 3.78. The number of aromatic amines is 1. The second-order valence-electron chi connectivity index (χ2n) is 6.43. The highest BCUT2D eigenvalue weighted by Gasteiger charge is 2.42. The van der Waals surface area contributed by atoms with Crippen LogP contribution < -0.4 is 32.3 Å². The molecule has 0 amide bonds. The number of anilines is 1. The summed E-state index contributed by atoms with van der Waals surface area (Å²) in [7, 11) is 0. The predicted molar refractivity (Wildman–Crippen MR) is 105 cm³/mol. The van der Waals surface area contributed by atoms with Crippen LogP contribution in [0, 0.1) is 22.1 Å². The third kappa shape index (κ3) is 5.26. The van der Waals surface area contributed by atoms with Crippen molar-refractivity contribution >= 4 is 23.6 Å². The number of H-pyrrole nitrogens is 1. The van der Waals surface area contributed by atoms with Crippen LogP contribution in [0.4, 0.5) is 5.69 Å². The molecule has 1 saturated heterocycles. The van der Waals surface area contributed by atoms with Crippen LogP contribution in [0.25, 0.3) is 0 Å². The summed E-state index contributed by atoms with van der Waals surface area (Å²) < 4.78 is 0. The average Bonchev–Trinajstić information content (AvgIpc) is 2.64. The molecule has 11 nitrogen and oxygen atoms in total. The van der Waals surface area contributed by atoms with Gasteiger partial charge in [0, 0.05) is 31.7 Å². The molecule has 28 heavy (non-hydrogen) atoms. The highest BCUT2D eigenvalue weighted by Crippen LogP contribution is 2.27. The number of nitrogens with zero attached hydrogens (tertiary/aromatic N) is 3. The van der Waals surface area contributed by atoms with Crippen LogP contribution in [-0.4, -0.2) is 48.1 Å². The largest absolute Gasteiger partial charge is 0.382 e. The smallest absolute Gasteiger partial charge is 0.221 e. The number of Topliss-reactive ketones (excluding diaryl/α,β-unsaturated/α-hetero) is 1. The van der Waals surface area contributed by atoms with Crippen LogP contribution in [0.5, 0.6) is 0 Å². The molecule has 0 bridgehead atoms. The maximum Gasteiger partial charge on any atom is 0.221 e. The quantitative estimate of drug-likeness (QED) is 0.130. The molecule has 1 aromatic rings. The second-order valence-corrected chi connectivity index (χ2v) is 6.43. The monoisotopic (exact) mass is 384 g/mol. The molecule has 1 aromatic heterocycles. The Hall–Kier alpha value is -3.49. The van der Waals surface area contributed by atoms with Crippen LogP contribution >= 0.6 is 0 Å². The molecule has 0 aromatic carbocycles. The van der Waals surface area contributed by atoms with Crippen molar-refractivity contribution < 1.29 is 4.79 Å². The van der Waals surface area contributed by atoms with E-state index in [1.165, 1.54) is 13.1 Å². The van der Waals surface area contributed by atoms with Gasteiger partial charge in [0.05, 0.1) is 36.0 Å². The number of hydrogen-bond donors (Lipinski definition) is 7. The lowest BCUT2D eigenvalue weighted by atomic mass is 9.87. The molecular formula is C17H24N10O. The highest BCUT2D eigenvalue weighted by molar-refractivity contribution is 5.87. The van der Waals surface area contributed by atoms with Crippen molar-refractivity contribution in [3.63, 3.8) is 0 Å². The highest BCUT2D eigenvalue weighted by atomic mass is 16.1. The Labute approximate surface area is 162 Å². The normalized spacial score (nSPS) is 16.0. The lowest BCUT2D eigenvalue weighted by Gasteiger charge is -2.49. The van der Waals surface area contributed by atoms with Gasteiger partial charge in [-0.15, -0.1) is 0 Å². The van der Waals surface area contributed by atoms with E-state index in [0.717, 1.165) is 11.9 Å². The summed E-state index contributed by atoms with van der Waals surface area (Å²) in [4.78, 5) is 20.2. The zero-order valence-electron chi connectivity index (χ0n) is 15.5. The van der Waals surface area contributed by atoms with E-state index in [9.17, 15) is 4.79 Å². The van der Waals surface area contributed by atoms with Gasteiger partial charge in [0.1, 0.15) is 5.78 Å². The molecule has 1 fully saturated rings. The Balaban J connectivity index is 2.12. The molecule has 1 aliphatic heterocycles. The first-order valence-electron chi connectivity index (χ1n) is 8.54. The van der Waals surface area contributed by atoms with Gasteiger partial charge < -0.3 is 25.9 Å². The maximum atomic E-state index is 11.0. The van der Waals surface area contributed by atoms with Crippen LogP contribution in [0.15, 0.2) is 35.2 Å². The molecule has 148 valence electrons. The lowest BCUT2D eigenvalue weighted by Crippen LogP contribution is -2.71. The van der Waals surface area contributed by atoms with Crippen molar-refractivity contribution in [1.29, 1.82) is 16.1 Å². The second kappa shape index (κ2) is 9.45. The van der Waals surface area contributed by atoms with Gasteiger partial charge in [0.25, 0.3) is 0 Å². The fraction of sp³-hybridized carbons (Fsp3) is 0.353. The Morgan fingerprint density at radius 2 is 2.32 bits per heavy atom. The first kappa shape index (κ1) is 20.8. The minimum atomic E-state index is -0.452. The van der Waals surface area contributed by atoms with Gasteiger partial charge in [-0.1, -0.05) is 0 Å². The van der Waals surface area contributed by atoms with E-state index in [1.807, 2.05) is 17.0 Å². The van der Waals surface area contributed by atoms with Crippen LogP contribution in [-0.2, 0) is 4.79 Å². The van der Waals surface area contributed by atoms with E-state index >= 15 is 0 Å². The molecule has 0 spiro atoms. The molecule has 8 N–H and O–H groups in total. The summed E-state index contributed by atoms with van der Waals surface area (Å²) in [6.45, 7) is 2.66. The maximum absolute atomic E-state index is 11.0. The van der Waals surface area contributed by atoms with Crippen molar-refractivity contribution in [3.8, 4) is 6.07 Å². The fourth-order valence-electron chi connectivity index (χ4n) is 2.72. The van der Waals surface area contributed by atoms with E-state index in [2.05, 4.69) is 32.1 Å². The van der Waals surface area contributed by atoms with Crippen molar-refractivity contribution in [3.05, 3.63) is 35.7 Å². The van der Waals surface area contributed by atoms with Gasteiger partial charge in [-0.25, -0.2) is 5.43 Å². The first-order valence-corrected chi connectivity index (χ1v) is 8.54. The van der Waals surface area contributed by atoms with Crippen LogP contribution in [0.3, 0.4) is 0 Å². The molecule has 0 atom stereocenters. The van der Waals surface area contributed by atoms with Crippen molar-refractivity contribution in [2.75, 3.05) is 24.5 Å². The zero-order valence-corrected chi connectivity index (χ0v) is 15.5. The van der Waals surface area contributed by atoms with E-state index in [0.29, 0.717) is 25.0 Å². The summed E-state index contributed by atoms with van der Waals surface area (Å²) in [5.74, 6) is 5.36. The van der Waals surface area contributed by atoms with Crippen molar-refractivity contribution in [2.24, 2.45) is 10.8 Å². The number of carbonyl (C=O) groups excluding carboxylic acids is 1. The number of nitrogens with two attached hydrogens (primary N) is 1. The summed E-state index contributed by atoms with van der Waals surface area (Å²) in [6, 6.07) is 5.81. The van der Waals surface area contributed by atoms with Crippen LogP contribution in [0.2, 0.25) is 0 Å². The van der Waals surface area contributed by atoms with E-state index in [1.54, 1.807) is 6.20 Å². The molecule has 0 aliphatic carbocycles. The summed E-state index contributed by atoms with van der Waals surface area (Å²) in [6.07, 6.45) is 4.44. The van der Waals surface area contributed by atoms with E-state index < -0.39 is 5.54 Å². The number of nitriles is 1. The number of ketones is 1. The number of pyridine rings is 1. The van der Waals surface area contributed by atoms with Gasteiger partial charge in [0.2, 0.25) is 5.96 Å². The zero-order chi connectivity index (χ0) is 20.6. The first-order chi connectivity index (χ1) is 13.4. The fourth-order valence-corrected chi connectivity index (χ4v) is 2.72. The Morgan fingerprint density at radius 1 is 1.57 bits per heavy atom. The lowest BCUT2D eigenvalue weighted by molar-refractivity contribution is -0.116. The van der Waals surface area contributed by atoms with E-state index in [4.69, 9.17) is 21.9 Å². The number of hydrogen-bond acceptors (Lipinski definition) is 8. The molecule has 1 aliphatic rings. The Kier molecular flexibility index (Phi) is 7.02. The van der Waals surface area contributed by atoms with Gasteiger partial charge >= 0.3 is 0 Å². The number of guanidine groups is 1. The number of aromatic nitrogens is 1. The minimum Gasteiger partial charge on any atom is -0.382 e. The molecule has 2 rings (SSSR count). The van der Waals surface area contributed by atoms with E-state index in [-0.39, 0.29) is 24.0 Å². The standard InChI is InChI=1S/C17H24N10O/c1-12(28)8-22-9-13(7-19)24-16(20)25-15-14(3-2-6-23-15)27-10-17(11-27,26-21)4-5-18/h2-3,6-7,9,19,22,26H,4,8,10-11,21H2,1H3,(H3,20,23,24,25)/b13-9+,19-7?. The number of carbonyl (C=O) groups is 1. The average molecular weight is 384 g/mol. The van der Waals surface area contributed by atoms with Crippen molar-refractivity contribution in [1.82, 2.24) is 21.0 Å². The SMILES string of the molecule is CC(=O)CN/C=C(\C=N)NC(=N)/N=c1\[nH]cccc1N1CC(CC#N)(NN)C1. The third-order valence-electron chi connectivity index (χ3n) is 4.11. The molecule has 2 heterocycles. The number of nitrogens with one attached hydrogen (secondary N) is 6. The third-order valence-corrected chi connectivity index (χ3v) is 4.11. The van der Waals surface area contributed by atoms with Gasteiger partial charge in [-0.3, -0.25) is 16.0 Å². The molecule has 11 heteroatoms. The summed E-state index contributed by atoms with van der Waals surface area (Å²) >= 11 is 0. The van der Waals surface area contributed by atoms with Crippen molar-refractivity contribution in [2.45, 2.75) is 18.9 Å². The molecule has 0 saturated carbocycles. The Bertz CT molecular complexity index is 872. The number of hydrazine groups is 1. The predicted octanol–water partition coefficient (Wildman–Crippen LogP) is -0.955. The topological polar surface area (TPSA) is 182 Å². The molecule has 0 unspecified atom stereocenters. The number of rotatable bonds is 8. The van der Waals surface area contributed by atoms with Gasteiger partial charge in [0.15, 0.2) is 5.49 Å². The minimum absolute atomic E-state index is 0.0436. The molecule has 0 radical (unpaired) electrons. The van der Waals surface area contributed by atoms with Gasteiger partial charge in [-0.2, -0.15) is 10.3 Å². The van der Waals surface area contributed by atoms with Crippen LogP contribution in [0.1, 0.15) is 13.3 Å². The molecular weight excluding hydrogens is 360 g/mol. The number of allylic oxidation sites excluding steroid dienone is 1.